The average molecular weight is 258 g/mol. The fourth-order valence-electron chi connectivity index (χ4n) is 3.74. The molecule has 0 atom stereocenters. The quantitative estimate of drug-likeness (QED) is 0.667. The number of nitrogens with zero attached hydrogens (tertiary/aromatic N) is 1. The van der Waals surface area contributed by atoms with Crippen molar-refractivity contribution in [2.24, 2.45) is 11.3 Å². The van der Waals surface area contributed by atoms with Gasteiger partial charge in [0.15, 0.2) is 9.84 Å². The third-order valence-corrected chi connectivity index (χ3v) is 7.24. The molecule has 0 aromatic heterocycles. The number of sulfone groups is 1. The summed E-state index contributed by atoms with van der Waals surface area (Å²) in [7, 11) is -2.71. The van der Waals surface area contributed by atoms with Crippen LogP contribution < -0.4 is 0 Å². The number of piperidine rings is 1. The van der Waals surface area contributed by atoms with E-state index in [-0.39, 0.29) is 0 Å². The minimum Gasteiger partial charge on any atom is -0.322 e. The number of rotatable bonds is 1. The van der Waals surface area contributed by atoms with E-state index in [9.17, 15) is 8.42 Å². The standard InChI is InChI=1S/C13H24NO2S/c1-13(12-2-3-12)4-6-14(7-5-13)8-10-17(15,16)11-9-14/h12H,2-11H2,1H3/q+1. The smallest absolute Gasteiger partial charge is 0.161 e. The van der Waals surface area contributed by atoms with Gasteiger partial charge in [0, 0.05) is 12.8 Å². The minimum absolute atomic E-state index is 0.424. The normalized spacial score (nSPS) is 34.6. The van der Waals surface area contributed by atoms with E-state index in [0.717, 1.165) is 23.5 Å². The van der Waals surface area contributed by atoms with Crippen LogP contribution in [0.25, 0.3) is 0 Å². The van der Waals surface area contributed by atoms with Gasteiger partial charge in [-0.05, 0) is 24.2 Å². The van der Waals surface area contributed by atoms with Crippen LogP contribution in [0.1, 0.15) is 32.6 Å². The van der Waals surface area contributed by atoms with E-state index in [0.29, 0.717) is 16.9 Å². The van der Waals surface area contributed by atoms with Gasteiger partial charge in [-0.25, -0.2) is 8.42 Å². The highest BCUT2D eigenvalue weighted by atomic mass is 32.2. The van der Waals surface area contributed by atoms with E-state index in [4.69, 9.17) is 0 Å². The van der Waals surface area contributed by atoms with Crippen LogP contribution in [0.3, 0.4) is 0 Å². The fourth-order valence-corrected chi connectivity index (χ4v) is 5.27. The van der Waals surface area contributed by atoms with Crippen LogP contribution in [0.4, 0.5) is 0 Å². The van der Waals surface area contributed by atoms with Crippen molar-refractivity contribution < 1.29 is 12.9 Å². The molecule has 0 unspecified atom stereocenters. The SMILES string of the molecule is CC1(C2CC2)CC[N+]2(CC1)CCS(=O)(=O)CC2. The van der Waals surface area contributed by atoms with E-state index in [1.807, 2.05) is 0 Å². The van der Waals surface area contributed by atoms with Gasteiger partial charge in [0.2, 0.25) is 0 Å². The lowest BCUT2D eigenvalue weighted by atomic mass is 9.75. The van der Waals surface area contributed by atoms with Crippen LogP contribution in [-0.4, -0.2) is 50.6 Å². The molecule has 2 heterocycles. The largest absolute Gasteiger partial charge is 0.322 e. The molecule has 0 aromatic rings. The minimum atomic E-state index is -2.71. The first-order valence-electron chi connectivity index (χ1n) is 6.99. The maximum atomic E-state index is 11.5. The summed E-state index contributed by atoms with van der Waals surface area (Å²) in [4.78, 5) is 0. The van der Waals surface area contributed by atoms with Crippen molar-refractivity contribution >= 4 is 9.84 Å². The molecule has 2 saturated heterocycles. The summed E-state index contributed by atoms with van der Waals surface area (Å²) in [5, 5.41) is 0. The second-order valence-corrected chi connectivity index (χ2v) is 9.12. The van der Waals surface area contributed by atoms with Crippen LogP contribution in [-0.2, 0) is 9.84 Å². The summed E-state index contributed by atoms with van der Waals surface area (Å²) in [5.41, 5.74) is 0.583. The van der Waals surface area contributed by atoms with Gasteiger partial charge in [0.25, 0.3) is 0 Å². The van der Waals surface area contributed by atoms with Crippen LogP contribution in [0.15, 0.2) is 0 Å². The summed E-state index contributed by atoms with van der Waals surface area (Å²) in [6.45, 7) is 6.66. The lowest BCUT2D eigenvalue weighted by Crippen LogP contribution is -2.61. The van der Waals surface area contributed by atoms with E-state index in [1.54, 1.807) is 0 Å². The number of hydrogen-bond donors (Lipinski definition) is 0. The van der Waals surface area contributed by atoms with Crippen molar-refractivity contribution in [2.45, 2.75) is 32.6 Å². The van der Waals surface area contributed by atoms with Crippen molar-refractivity contribution in [3.63, 3.8) is 0 Å². The zero-order valence-corrected chi connectivity index (χ0v) is 11.6. The molecule has 3 fully saturated rings. The van der Waals surface area contributed by atoms with Gasteiger partial charge in [0.05, 0.1) is 37.7 Å². The monoisotopic (exact) mass is 258 g/mol. The molecule has 0 aromatic carbocycles. The van der Waals surface area contributed by atoms with Gasteiger partial charge in [-0.3, -0.25) is 0 Å². The molecule has 0 radical (unpaired) electrons. The molecule has 1 saturated carbocycles. The third kappa shape index (κ3) is 2.26. The van der Waals surface area contributed by atoms with Crippen molar-refractivity contribution in [3.05, 3.63) is 0 Å². The fraction of sp³-hybridized carbons (Fsp3) is 1.00. The highest BCUT2D eigenvalue weighted by Crippen LogP contribution is 2.52. The Labute approximate surface area is 105 Å². The molecule has 0 N–H and O–H groups in total. The van der Waals surface area contributed by atoms with Gasteiger partial charge < -0.3 is 4.48 Å². The van der Waals surface area contributed by atoms with E-state index in [1.165, 1.54) is 38.8 Å². The van der Waals surface area contributed by atoms with Crippen LogP contribution in [0, 0.1) is 11.3 Å². The van der Waals surface area contributed by atoms with Crippen LogP contribution in [0.5, 0.6) is 0 Å². The van der Waals surface area contributed by atoms with Crippen molar-refractivity contribution in [2.75, 3.05) is 37.7 Å². The Morgan fingerprint density at radius 1 is 1.00 bits per heavy atom. The lowest BCUT2D eigenvalue weighted by molar-refractivity contribution is -0.931. The second-order valence-electron chi connectivity index (χ2n) is 6.82. The van der Waals surface area contributed by atoms with E-state index < -0.39 is 9.84 Å². The van der Waals surface area contributed by atoms with Crippen LogP contribution >= 0.6 is 0 Å². The molecular formula is C13H24NO2S+. The Kier molecular flexibility index (Phi) is 2.61. The zero-order valence-electron chi connectivity index (χ0n) is 10.8. The van der Waals surface area contributed by atoms with Gasteiger partial charge in [0.1, 0.15) is 0 Å². The number of hydrogen-bond acceptors (Lipinski definition) is 2. The second kappa shape index (κ2) is 3.70. The zero-order chi connectivity index (χ0) is 12.1. The molecule has 3 aliphatic rings. The third-order valence-electron chi connectivity index (χ3n) is 5.63. The Morgan fingerprint density at radius 2 is 1.53 bits per heavy atom. The van der Waals surface area contributed by atoms with Gasteiger partial charge >= 0.3 is 0 Å². The van der Waals surface area contributed by atoms with E-state index >= 15 is 0 Å². The molecule has 4 heteroatoms. The first-order chi connectivity index (χ1) is 7.93. The molecule has 0 bridgehead atoms. The topological polar surface area (TPSA) is 34.1 Å². The van der Waals surface area contributed by atoms with Gasteiger partial charge in [-0.15, -0.1) is 0 Å². The Morgan fingerprint density at radius 3 is 2.00 bits per heavy atom. The molecule has 1 spiro atoms. The summed E-state index contributed by atoms with van der Waals surface area (Å²) >= 11 is 0. The first kappa shape index (κ1) is 12.0. The summed E-state index contributed by atoms with van der Waals surface area (Å²) in [5.74, 6) is 1.83. The summed E-state index contributed by atoms with van der Waals surface area (Å²) in [6.07, 6.45) is 5.51. The summed E-state index contributed by atoms with van der Waals surface area (Å²) in [6, 6.07) is 0. The molecule has 2 aliphatic heterocycles. The molecule has 17 heavy (non-hydrogen) atoms. The Balaban J connectivity index is 1.64. The molecule has 98 valence electrons. The Bertz CT molecular complexity index is 387. The van der Waals surface area contributed by atoms with Crippen LogP contribution in [0.2, 0.25) is 0 Å². The summed E-state index contributed by atoms with van der Waals surface area (Å²) < 4.78 is 24.1. The molecule has 3 rings (SSSR count). The predicted octanol–water partition coefficient (Wildman–Crippen LogP) is 1.44. The van der Waals surface area contributed by atoms with Gasteiger partial charge in [-0.1, -0.05) is 6.92 Å². The van der Waals surface area contributed by atoms with Crippen molar-refractivity contribution in [3.8, 4) is 0 Å². The van der Waals surface area contributed by atoms with E-state index in [2.05, 4.69) is 6.92 Å². The maximum Gasteiger partial charge on any atom is 0.161 e. The molecule has 3 nitrogen and oxygen atoms in total. The molecule has 0 amide bonds. The lowest BCUT2D eigenvalue weighted by Gasteiger charge is -2.49. The average Bonchev–Trinajstić information content (AvgIpc) is 3.11. The molecular weight excluding hydrogens is 234 g/mol. The van der Waals surface area contributed by atoms with Crippen molar-refractivity contribution in [1.82, 2.24) is 0 Å². The molecule has 1 aliphatic carbocycles. The maximum absolute atomic E-state index is 11.5. The van der Waals surface area contributed by atoms with Crippen molar-refractivity contribution in [1.29, 1.82) is 0 Å². The van der Waals surface area contributed by atoms with Gasteiger partial charge in [-0.2, -0.15) is 0 Å². The first-order valence-corrected chi connectivity index (χ1v) is 8.81. The predicted molar refractivity (Wildman–Crippen MR) is 68.4 cm³/mol. The Hall–Kier alpha value is -0.0900. The highest BCUT2D eigenvalue weighted by Gasteiger charge is 2.48. The highest BCUT2D eigenvalue weighted by molar-refractivity contribution is 7.91. The number of quaternary nitrogens is 1.